The molecule has 0 atom stereocenters. The lowest BCUT2D eigenvalue weighted by molar-refractivity contribution is 0.419. The number of ether oxygens (including phenoxy) is 1. The lowest BCUT2D eigenvalue weighted by Crippen LogP contribution is -1.76. The van der Waals surface area contributed by atoms with Gasteiger partial charge in [-0.2, -0.15) is 0 Å². The van der Waals surface area contributed by atoms with Gasteiger partial charge in [-0.1, -0.05) is 33.3 Å². The Morgan fingerprint density at radius 3 is 2.92 bits per heavy atom. The molecule has 2 aromatic rings. The van der Waals surface area contributed by atoms with Gasteiger partial charge in [0.2, 0.25) is 0 Å². The van der Waals surface area contributed by atoms with Crippen LogP contribution in [0.2, 0.25) is 0 Å². The molecule has 0 aliphatic rings. The van der Waals surface area contributed by atoms with E-state index in [1.807, 2.05) is 12.1 Å². The molecule has 0 N–H and O–H groups in total. The highest BCUT2D eigenvalue weighted by Gasteiger charge is 2.08. The normalized spacial score (nSPS) is 10.7. The molecule has 0 radical (unpaired) electrons. The number of hydrogen-bond acceptors (Lipinski definition) is 3. The first-order valence-corrected chi connectivity index (χ1v) is 5.73. The number of methoxy groups -OCH3 is 1. The van der Waals surface area contributed by atoms with Gasteiger partial charge in [0.25, 0.3) is 0 Å². The third-order valence-corrected chi connectivity index (χ3v) is 3.98. The first-order chi connectivity index (χ1) is 6.22. The maximum atomic E-state index is 5.20. The molecule has 0 unspecified atom stereocenters. The topological polar surface area (TPSA) is 9.23 Å². The molecule has 0 aliphatic carbocycles. The van der Waals surface area contributed by atoms with Crippen molar-refractivity contribution in [3.63, 3.8) is 0 Å². The maximum absolute atomic E-state index is 5.20. The van der Waals surface area contributed by atoms with Crippen molar-refractivity contribution in [1.29, 1.82) is 0 Å². The molecule has 0 saturated carbocycles. The summed E-state index contributed by atoms with van der Waals surface area (Å²) in [6.45, 7) is 0. The van der Waals surface area contributed by atoms with E-state index in [9.17, 15) is 0 Å². The largest absolute Gasteiger partial charge is 0.486 e. The fraction of sp³-hybridized carbons (Fsp3) is 0.111. The summed E-state index contributed by atoms with van der Waals surface area (Å²) in [6, 6.07) is 6.12. The van der Waals surface area contributed by atoms with Gasteiger partial charge >= 0.3 is 0 Å². The molecule has 0 amide bonds. The zero-order valence-electron chi connectivity index (χ0n) is 6.87. The molecular weight excluding hydrogens is 268 g/mol. The van der Waals surface area contributed by atoms with Gasteiger partial charge in [-0.15, -0.1) is 12.6 Å². The highest BCUT2D eigenvalue weighted by molar-refractivity contribution is 9.10. The fourth-order valence-electron chi connectivity index (χ4n) is 1.17. The van der Waals surface area contributed by atoms with Gasteiger partial charge in [0.15, 0.2) is 5.06 Å². The fourth-order valence-corrected chi connectivity index (χ4v) is 3.14. The van der Waals surface area contributed by atoms with Crippen molar-refractivity contribution in [2.45, 2.75) is 4.90 Å². The van der Waals surface area contributed by atoms with Crippen LogP contribution in [0.5, 0.6) is 5.06 Å². The molecule has 0 bridgehead atoms. The number of hydrogen-bond donors (Lipinski definition) is 1. The Kier molecular flexibility index (Phi) is 2.53. The van der Waals surface area contributed by atoms with Crippen molar-refractivity contribution >= 4 is 50.0 Å². The van der Waals surface area contributed by atoms with Crippen LogP contribution in [0.1, 0.15) is 0 Å². The average Bonchev–Trinajstić information content (AvgIpc) is 2.42. The summed E-state index contributed by atoms with van der Waals surface area (Å²) in [6.07, 6.45) is 0. The quantitative estimate of drug-likeness (QED) is 0.775. The smallest absolute Gasteiger partial charge is 0.188 e. The number of rotatable bonds is 1. The number of halogens is 1. The van der Waals surface area contributed by atoms with E-state index in [2.05, 4.69) is 34.6 Å². The molecule has 1 heterocycles. The molecular formula is C9H7BrOS2. The molecule has 0 saturated heterocycles. The predicted molar refractivity (Wildman–Crippen MR) is 63.3 cm³/mol. The highest BCUT2D eigenvalue weighted by atomic mass is 79.9. The molecule has 68 valence electrons. The summed E-state index contributed by atoms with van der Waals surface area (Å²) in [4.78, 5) is 0.926. The minimum absolute atomic E-state index is 0.872. The van der Waals surface area contributed by atoms with E-state index in [0.717, 1.165) is 19.8 Å². The predicted octanol–water partition coefficient (Wildman–Crippen LogP) is 3.96. The molecule has 0 aliphatic heterocycles. The van der Waals surface area contributed by atoms with E-state index in [1.165, 1.54) is 4.70 Å². The molecule has 1 nitrogen and oxygen atoms in total. The van der Waals surface area contributed by atoms with Crippen LogP contribution in [0.25, 0.3) is 10.1 Å². The van der Waals surface area contributed by atoms with Crippen LogP contribution in [0.4, 0.5) is 0 Å². The van der Waals surface area contributed by atoms with E-state index >= 15 is 0 Å². The van der Waals surface area contributed by atoms with E-state index in [4.69, 9.17) is 4.74 Å². The van der Waals surface area contributed by atoms with E-state index in [-0.39, 0.29) is 0 Å². The zero-order chi connectivity index (χ0) is 9.42. The van der Waals surface area contributed by atoms with Gasteiger partial charge < -0.3 is 4.74 Å². The molecule has 4 heteroatoms. The lowest BCUT2D eigenvalue weighted by Gasteiger charge is -1.93. The van der Waals surface area contributed by atoms with Crippen LogP contribution in [-0.2, 0) is 0 Å². The summed E-state index contributed by atoms with van der Waals surface area (Å²) in [5.41, 5.74) is 0. The molecule has 2 rings (SSSR count). The second-order valence-electron chi connectivity index (χ2n) is 2.58. The first kappa shape index (κ1) is 9.37. The van der Waals surface area contributed by atoms with Crippen molar-refractivity contribution in [2.75, 3.05) is 7.11 Å². The van der Waals surface area contributed by atoms with Crippen molar-refractivity contribution < 1.29 is 4.74 Å². The standard InChI is InChI=1S/C9H7BrOS2/c1-11-9-8(12)6-3-2-5(10)4-7(6)13-9/h2-4,12H,1H3. The average molecular weight is 275 g/mol. The van der Waals surface area contributed by atoms with E-state index < -0.39 is 0 Å². The van der Waals surface area contributed by atoms with Gasteiger partial charge in [0, 0.05) is 14.6 Å². The van der Waals surface area contributed by atoms with Crippen LogP contribution < -0.4 is 4.74 Å². The van der Waals surface area contributed by atoms with Gasteiger partial charge in [-0.05, 0) is 12.1 Å². The Labute approximate surface area is 94.3 Å². The Morgan fingerprint density at radius 2 is 2.23 bits per heavy atom. The van der Waals surface area contributed by atoms with Crippen molar-refractivity contribution in [2.24, 2.45) is 0 Å². The zero-order valence-corrected chi connectivity index (χ0v) is 10.2. The number of benzene rings is 1. The summed E-state index contributed by atoms with van der Waals surface area (Å²) >= 11 is 9.44. The molecule has 1 aromatic heterocycles. The summed E-state index contributed by atoms with van der Waals surface area (Å²) < 4.78 is 7.47. The number of thiol groups is 1. The second-order valence-corrected chi connectivity index (χ2v) is 4.96. The monoisotopic (exact) mass is 274 g/mol. The van der Waals surface area contributed by atoms with Crippen LogP contribution in [0, 0.1) is 0 Å². The minimum atomic E-state index is 0.872. The summed E-state index contributed by atoms with van der Waals surface area (Å²) in [5.74, 6) is 0. The third kappa shape index (κ3) is 1.58. The first-order valence-electron chi connectivity index (χ1n) is 3.67. The molecule has 1 aromatic carbocycles. The van der Waals surface area contributed by atoms with E-state index in [1.54, 1.807) is 18.4 Å². The Bertz CT molecular complexity index is 450. The van der Waals surface area contributed by atoms with E-state index in [0.29, 0.717) is 0 Å². The Hall–Kier alpha value is -0.190. The minimum Gasteiger partial charge on any atom is -0.486 e. The molecule has 13 heavy (non-hydrogen) atoms. The third-order valence-electron chi connectivity index (χ3n) is 1.78. The molecule has 0 spiro atoms. The maximum Gasteiger partial charge on any atom is 0.188 e. The number of thiophene rings is 1. The lowest BCUT2D eigenvalue weighted by atomic mass is 10.3. The van der Waals surface area contributed by atoms with Gasteiger partial charge in [0.1, 0.15) is 0 Å². The van der Waals surface area contributed by atoms with Crippen molar-refractivity contribution in [3.05, 3.63) is 22.7 Å². The van der Waals surface area contributed by atoms with Crippen molar-refractivity contribution in [1.82, 2.24) is 0 Å². The van der Waals surface area contributed by atoms with Crippen LogP contribution in [0.3, 0.4) is 0 Å². The van der Waals surface area contributed by atoms with Gasteiger partial charge in [-0.25, -0.2) is 0 Å². The number of fused-ring (bicyclic) bond motifs is 1. The van der Waals surface area contributed by atoms with Crippen LogP contribution in [-0.4, -0.2) is 7.11 Å². The molecule has 0 fully saturated rings. The van der Waals surface area contributed by atoms with Gasteiger partial charge in [-0.3, -0.25) is 0 Å². The van der Waals surface area contributed by atoms with Crippen LogP contribution in [0.15, 0.2) is 27.6 Å². The highest BCUT2D eigenvalue weighted by Crippen LogP contribution is 2.40. The summed E-state index contributed by atoms with van der Waals surface area (Å²) in [7, 11) is 1.67. The SMILES string of the molecule is COc1sc2cc(Br)ccc2c1S. The van der Waals surface area contributed by atoms with Crippen LogP contribution >= 0.6 is 39.9 Å². The second kappa shape index (κ2) is 3.52. The Balaban J connectivity index is 2.76. The summed E-state index contributed by atoms with van der Waals surface area (Å²) in [5, 5.41) is 2.02. The Morgan fingerprint density at radius 1 is 1.46 bits per heavy atom. The van der Waals surface area contributed by atoms with Crippen molar-refractivity contribution in [3.8, 4) is 5.06 Å². The van der Waals surface area contributed by atoms with Gasteiger partial charge in [0.05, 0.1) is 12.0 Å².